The monoisotopic (exact) mass is 349 g/mol. The minimum Gasteiger partial charge on any atom is -0.493 e. The van der Waals surface area contributed by atoms with E-state index < -0.39 is 22.0 Å². The van der Waals surface area contributed by atoms with Crippen LogP contribution in [0.15, 0.2) is 17.0 Å². The average Bonchev–Trinajstić information content (AvgIpc) is 2.97. The number of hydrogen-bond donors (Lipinski definition) is 1. The van der Waals surface area contributed by atoms with E-state index in [2.05, 4.69) is 0 Å². The average molecular weight is 350 g/mol. The number of halogens is 1. The molecule has 22 heavy (non-hydrogen) atoms. The number of rotatable bonds is 5. The van der Waals surface area contributed by atoms with Crippen molar-refractivity contribution in [2.45, 2.75) is 23.8 Å². The number of methoxy groups -OCH3 is 2. The standard InChI is InChI=1S/C13H16ClNO6S/c1-20-10-6-8(14)12(7-11(10)21-2)22(18,19)15-5-3-4-9(15)13(16)17/h6-7,9H,3-5H2,1-2H3,(H,16,17). The minimum absolute atomic E-state index is 0.0475. The van der Waals surface area contributed by atoms with Gasteiger partial charge in [0.25, 0.3) is 0 Å². The number of carboxylic acids is 1. The topological polar surface area (TPSA) is 93.1 Å². The van der Waals surface area contributed by atoms with Crippen LogP contribution in [0.5, 0.6) is 11.5 Å². The summed E-state index contributed by atoms with van der Waals surface area (Å²) in [5.74, 6) is -0.670. The highest BCUT2D eigenvalue weighted by atomic mass is 35.5. The number of aliphatic carboxylic acids is 1. The van der Waals surface area contributed by atoms with Crippen LogP contribution >= 0.6 is 11.6 Å². The molecule has 9 heteroatoms. The molecule has 1 aliphatic rings. The van der Waals surface area contributed by atoms with Gasteiger partial charge < -0.3 is 14.6 Å². The smallest absolute Gasteiger partial charge is 0.322 e. The summed E-state index contributed by atoms with van der Waals surface area (Å²) in [4.78, 5) is 11.0. The Morgan fingerprint density at radius 3 is 2.45 bits per heavy atom. The van der Waals surface area contributed by atoms with Crippen molar-refractivity contribution in [3.05, 3.63) is 17.2 Å². The van der Waals surface area contributed by atoms with Gasteiger partial charge in [-0.15, -0.1) is 0 Å². The number of carbonyl (C=O) groups is 1. The molecule has 0 spiro atoms. The van der Waals surface area contributed by atoms with E-state index in [4.69, 9.17) is 26.2 Å². The van der Waals surface area contributed by atoms with Gasteiger partial charge in [0.1, 0.15) is 10.9 Å². The third-order valence-corrected chi connectivity index (χ3v) is 5.89. The summed E-state index contributed by atoms with van der Waals surface area (Å²) < 4.78 is 36.5. The second kappa shape index (κ2) is 6.31. The van der Waals surface area contributed by atoms with Gasteiger partial charge in [0.2, 0.25) is 10.0 Å². The number of ether oxygens (including phenoxy) is 2. The summed E-state index contributed by atoms with van der Waals surface area (Å²) in [6.45, 7) is 0.143. The lowest BCUT2D eigenvalue weighted by Crippen LogP contribution is -2.40. The van der Waals surface area contributed by atoms with Crippen molar-refractivity contribution in [3.63, 3.8) is 0 Å². The van der Waals surface area contributed by atoms with Crippen molar-refractivity contribution in [3.8, 4) is 11.5 Å². The molecule has 0 bridgehead atoms. The van der Waals surface area contributed by atoms with Crippen LogP contribution in [0.4, 0.5) is 0 Å². The largest absolute Gasteiger partial charge is 0.493 e. The number of nitrogens with zero attached hydrogens (tertiary/aromatic N) is 1. The normalized spacial score (nSPS) is 19.1. The van der Waals surface area contributed by atoms with E-state index in [1.54, 1.807) is 0 Å². The molecule has 1 atom stereocenters. The van der Waals surface area contributed by atoms with Crippen LogP contribution in [0.3, 0.4) is 0 Å². The molecule has 1 aromatic carbocycles. The Kier molecular flexibility index (Phi) is 4.84. The number of hydrogen-bond acceptors (Lipinski definition) is 5. The van der Waals surface area contributed by atoms with Crippen molar-refractivity contribution < 1.29 is 27.8 Å². The van der Waals surface area contributed by atoms with Crippen molar-refractivity contribution in [1.29, 1.82) is 0 Å². The lowest BCUT2D eigenvalue weighted by Gasteiger charge is -2.22. The quantitative estimate of drug-likeness (QED) is 0.867. The molecular weight excluding hydrogens is 334 g/mol. The molecule has 0 aromatic heterocycles. The van der Waals surface area contributed by atoms with Crippen molar-refractivity contribution in [2.24, 2.45) is 0 Å². The molecule has 7 nitrogen and oxygen atoms in total. The van der Waals surface area contributed by atoms with Crippen LogP contribution in [0.1, 0.15) is 12.8 Å². The zero-order valence-corrected chi connectivity index (χ0v) is 13.6. The summed E-state index contributed by atoms with van der Waals surface area (Å²) in [5, 5.41) is 9.11. The van der Waals surface area contributed by atoms with Gasteiger partial charge in [-0.05, 0) is 12.8 Å². The maximum atomic E-state index is 12.7. The Bertz CT molecular complexity index is 690. The Balaban J connectivity index is 2.52. The first-order valence-corrected chi connectivity index (χ1v) is 8.31. The summed E-state index contributed by atoms with van der Waals surface area (Å²) >= 11 is 6.04. The van der Waals surface area contributed by atoms with Crippen LogP contribution in [-0.2, 0) is 14.8 Å². The van der Waals surface area contributed by atoms with Crippen molar-refractivity contribution in [1.82, 2.24) is 4.31 Å². The maximum absolute atomic E-state index is 12.7. The number of benzene rings is 1. The fraction of sp³-hybridized carbons (Fsp3) is 0.462. The zero-order valence-electron chi connectivity index (χ0n) is 12.1. The van der Waals surface area contributed by atoms with Gasteiger partial charge in [-0.1, -0.05) is 11.6 Å². The van der Waals surface area contributed by atoms with E-state index in [9.17, 15) is 13.2 Å². The molecule has 1 aliphatic heterocycles. The zero-order chi connectivity index (χ0) is 16.5. The van der Waals surface area contributed by atoms with E-state index in [0.717, 1.165) is 4.31 Å². The number of carboxylic acid groups (broad SMARTS) is 1. The maximum Gasteiger partial charge on any atom is 0.322 e. The van der Waals surface area contributed by atoms with Gasteiger partial charge in [0.15, 0.2) is 11.5 Å². The van der Waals surface area contributed by atoms with Gasteiger partial charge in [0.05, 0.1) is 19.2 Å². The van der Waals surface area contributed by atoms with Gasteiger partial charge in [-0.3, -0.25) is 4.79 Å². The summed E-state index contributed by atoms with van der Waals surface area (Å²) in [6, 6.07) is 1.50. The SMILES string of the molecule is COc1cc(Cl)c(S(=O)(=O)N2CCCC2C(=O)O)cc1OC. The van der Waals surface area contributed by atoms with Crippen LogP contribution in [0, 0.1) is 0 Å². The second-order valence-electron chi connectivity index (χ2n) is 4.75. The van der Waals surface area contributed by atoms with Gasteiger partial charge in [0, 0.05) is 18.7 Å². The third kappa shape index (κ3) is 2.86. The van der Waals surface area contributed by atoms with Crippen LogP contribution in [0.2, 0.25) is 5.02 Å². The highest BCUT2D eigenvalue weighted by Crippen LogP contribution is 2.38. The van der Waals surface area contributed by atoms with Crippen molar-refractivity contribution >= 4 is 27.6 Å². The van der Waals surface area contributed by atoms with Gasteiger partial charge in [-0.2, -0.15) is 4.31 Å². The summed E-state index contributed by atoms with van der Waals surface area (Å²) in [5.41, 5.74) is 0. The molecule has 1 N–H and O–H groups in total. The van der Waals surface area contributed by atoms with E-state index in [0.29, 0.717) is 12.2 Å². The molecule has 0 radical (unpaired) electrons. The Morgan fingerprint density at radius 1 is 1.32 bits per heavy atom. The molecule has 0 saturated carbocycles. The molecule has 122 valence electrons. The highest BCUT2D eigenvalue weighted by Gasteiger charge is 2.40. The summed E-state index contributed by atoms with van der Waals surface area (Å²) in [7, 11) is -1.26. The molecule has 1 unspecified atom stereocenters. The first-order chi connectivity index (χ1) is 10.3. The Hall–Kier alpha value is -1.51. The van der Waals surface area contributed by atoms with Gasteiger partial charge >= 0.3 is 5.97 Å². The summed E-state index contributed by atoms with van der Waals surface area (Å²) in [6.07, 6.45) is 0.764. The molecule has 1 saturated heterocycles. The van der Waals surface area contributed by atoms with E-state index >= 15 is 0 Å². The predicted octanol–water partition coefficient (Wildman–Crippen LogP) is 1.59. The highest BCUT2D eigenvalue weighted by molar-refractivity contribution is 7.89. The van der Waals surface area contributed by atoms with Crippen LogP contribution in [-0.4, -0.2) is 50.6 Å². The van der Waals surface area contributed by atoms with Crippen molar-refractivity contribution in [2.75, 3.05) is 20.8 Å². The molecule has 1 fully saturated rings. The fourth-order valence-corrected chi connectivity index (χ4v) is 4.59. The van der Waals surface area contributed by atoms with Crippen LogP contribution in [0.25, 0.3) is 0 Å². The Morgan fingerprint density at radius 2 is 1.91 bits per heavy atom. The van der Waals surface area contributed by atoms with Crippen LogP contribution < -0.4 is 9.47 Å². The molecule has 2 rings (SSSR count). The lowest BCUT2D eigenvalue weighted by atomic mass is 10.2. The molecule has 1 aromatic rings. The molecule has 1 heterocycles. The predicted molar refractivity (Wildman–Crippen MR) is 79.1 cm³/mol. The minimum atomic E-state index is -4.04. The Labute approximate surface area is 133 Å². The van der Waals surface area contributed by atoms with E-state index in [1.807, 2.05) is 0 Å². The first-order valence-electron chi connectivity index (χ1n) is 6.49. The first kappa shape index (κ1) is 16.9. The van der Waals surface area contributed by atoms with E-state index in [-0.39, 0.29) is 28.6 Å². The van der Waals surface area contributed by atoms with E-state index in [1.165, 1.54) is 26.4 Å². The number of sulfonamides is 1. The second-order valence-corrected chi connectivity index (χ2v) is 7.02. The van der Waals surface area contributed by atoms with Gasteiger partial charge in [-0.25, -0.2) is 8.42 Å². The third-order valence-electron chi connectivity index (χ3n) is 3.51. The molecular formula is C13H16ClNO6S. The lowest BCUT2D eigenvalue weighted by molar-refractivity contribution is -0.140. The molecule has 0 amide bonds. The fourth-order valence-electron chi connectivity index (χ4n) is 2.43. The molecule has 0 aliphatic carbocycles.